The molecule has 0 bridgehead atoms. The normalized spacial score (nSPS) is 21.6. The number of hydrogen-bond acceptors (Lipinski definition) is 1. The summed E-state index contributed by atoms with van der Waals surface area (Å²) in [7, 11) is 0. The first-order chi connectivity index (χ1) is 6.16. The minimum absolute atomic E-state index is 0.133. The molecule has 1 saturated heterocycles. The lowest BCUT2D eigenvalue weighted by Crippen LogP contribution is -2.37. The zero-order valence-corrected chi connectivity index (χ0v) is 9.18. The molecule has 0 N–H and O–H groups in total. The highest BCUT2D eigenvalue weighted by Gasteiger charge is 2.27. The number of likely N-dealkylation sites (tertiary alicyclic amines) is 1. The van der Waals surface area contributed by atoms with E-state index in [-0.39, 0.29) is 17.2 Å². The van der Waals surface area contributed by atoms with E-state index in [1.54, 1.807) is 0 Å². The molecule has 13 heavy (non-hydrogen) atoms. The number of halogens is 1. The second-order valence-electron chi connectivity index (χ2n) is 3.82. The quantitative estimate of drug-likeness (QED) is 0.645. The third kappa shape index (κ3) is 2.60. The largest absolute Gasteiger partial charge is 0.341 e. The molecule has 0 spiro atoms. The van der Waals surface area contributed by atoms with Gasteiger partial charge in [-0.1, -0.05) is 20.3 Å². The van der Waals surface area contributed by atoms with Gasteiger partial charge < -0.3 is 4.90 Å². The number of rotatable bonds is 3. The first kappa shape index (κ1) is 10.8. The van der Waals surface area contributed by atoms with Crippen molar-refractivity contribution in [2.24, 2.45) is 5.92 Å². The van der Waals surface area contributed by atoms with Crippen molar-refractivity contribution >= 4 is 17.5 Å². The van der Waals surface area contributed by atoms with Gasteiger partial charge in [-0.25, -0.2) is 0 Å². The first-order valence-electron chi connectivity index (χ1n) is 5.09. The van der Waals surface area contributed by atoms with Gasteiger partial charge in [-0.2, -0.15) is 0 Å². The molecule has 2 atom stereocenters. The summed E-state index contributed by atoms with van der Waals surface area (Å²) in [6.45, 7) is 5.90. The van der Waals surface area contributed by atoms with Gasteiger partial charge in [0.15, 0.2) is 0 Å². The van der Waals surface area contributed by atoms with E-state index in [1.807, 2.05) is 11.8 Å². The summed E-state index contributed by atoms with van der Waals surface area (Å²) in [6.07, 6.45) is 3.24. The third-order valence-electron chi connectivity index (χ3n) is 2.80. The molecule has 3 heteroatoms. The van der Waals surface area contributed by atoms with Gasteiger partial charge in [0.25, 0.3) is 0 Å². The summed E-state index contributed by atoms with van der Waals surface area (Å²) < 4.78 is 0. The van der Waals surface area contributed by atoms with Crippen molar-refractivity contribution in [2.75, 3.05) is 13.1 Å². The Hall–Kier alpha value is -0.240. The van der Waals surface area contributed by atoms with Gasteiger partial charge in [-0.15, -0.1) is 11.6 Å². The Labute approximate surface area is 85.2 Å². The maximum atomic E-state index is 11.7. The van der Waals surface area contributed by atoms with E-state index in [0.29, 0.717) is 0 Å². The van der Waals surface area contributed by atoms with Crippen LogP contribution < -0.4 is 0 Å². The number of carbonyl (C=O) groups is 1. The molecular weight excluding hydrogens is 186 g/mol. The zero-order valence-electron chi connectivity index (χ0n) is 8.42. The van der Waals surface area contributed by atoms with Crippen molar-refractivity contribution in [3.63, 3.8) is 0 Å². The lowest BCUT2D eigenvalue weighted by molar-refractivity contribution is -0.130. The lowest BCUT2D eigenvalue weighted by atomic mass is 10.0. The lowest BCUT2D eigenvalue weighted by Gasteiger charge is -2.22. The Morgan fingerprint density at radius 3 is 2.46 bits per heavy atom. The summed E-state index contributed by atoms with van der Waals surface area (Å²) in [5.74, 6) is 0.420. The predicted molar refractivity (Wildman–Crippen MR) is 54.9 cm³/mol. The Morgan fingerprint density at radius 1 is 1.46 bits per heavy atom. The number of alkyl halides is 1. The minimum atomic E-state index is -0.317. The molecule has 1 aliphatic heterocycles. The summed E-state index contributed by atoms with van der Waals surface area (Å²) in [5.41, 5.74) is 0. The van der Waals surface area contributed by atoms with Crippen LogP contribution >= 0.6 is 11.6 Å². The third-order valence-corrected chi connectivity index (χ3v) is 3.41. The van der Waals surface area contributed by atoms with Gasteiger partial charge in [0.2, 0.25) is 5.91 Å². The molecule has 2 nitrogen and oxygen atoms in total. The fraction of sp³-hybridized carbons (Fsp3) is 0.900. The number of nitrogens with zero attached hydrogens (tertiary/aromatic N) is 1. The Balaban J connectivity index is 2.45. The highest BCUT2D eigenvalue weighted by Crippen LogP contribution is 2.19. The SMILES string of the molecule is CCC(C)C(Cl)C(=O)N1CCCC1. The van der Waals surface area contributed by atoms with Crippen LogP contribution in [0, 0.1) is 5.92 Å². The van der Waals surface area contributed by atoms with E-state index in [0.717, 1.165) is 32.4 Å². The molecule has 1 rings (SSSR count). The maximum Gasteiger partial charge on any atom is 0.240 e. The van der Waals surface area contributed by atoms with Crippen molar-refractivity contribution < 1.29 is 4.79 Å². The molecule has 0 aliphatic carbocycles. The van der Waals surface area contributed by atoms with E-state index in [2.05, 4.69) is 6.92 Å². The van der Waals surface area contributed by atoms with Crippen LogP contribution in [0.5, 0.6) is 0 Å². The Bertz CT molecular complexity index is 178. The Kier molecular flexibility index (Phi) is 4.04. The molecule has 0 aromatic heterocycles. The highest BCUT2D eigenvalue weighted by atomic mass is 35.5. The molecule has 2 unspecified atom stereocenters. The molecule has 1 amide bonds. The second kappa shape index (κ2) is 4.85. The summed E-state index contributed by atoms with van der Waals surface area (Å²) in [6, 6.07) is 0. The molecule has 1 fully saturated rings. The molecule has 0 radical (unpaired) electrons. The van der Waals surface area contributed by atoms with Crippen molar-refractivity contribution in [1.29, 1.82) is 0 Å². The molecule has 1 heterocycles. The summed E-state index contributed by atoms with van der Waals surface area (Å²) >= 11 is 6.07. The van der Waals surface area contributed by atoms with Crippen LogP contribution in [0.2, 0.25) is 0 Å². The van der Waals surface area contributed by atoms with E-state index in [9.17, 15) is 4.79 Å². The minimum Gasteiger partial charge on any atom is -0.341 e. The number of hydrogen-bond donors (Lipinski definition) is 0. The maximum absolute atomic E-state index is 11.7. The van der Waals surface area contributed by atoms with Crippen molar-refractivity contribution in [2.45, 2.75) is 38.5 Å². The van der Waals surface area contributed by atoms with Crippen LogP contribution in [0.25, 0.3) is 0 Å². The fourth-order valence-electron chi connectivity index (χ4n) is 1.56. The van der Waals surface area contributed by atoms with Crippen LogP contribution in [0.15, 0.2) is 0 Å². The monoisotopic (exact) mass is 203 g/mol. The van der Waals surface area contributed by atoms with E-state index < -0.39 is 0 Å². The molecule has 76 valence electrons. The van der Waals surface area contributed by atoms with Crippen LogP contribution in [-0.2, 0) is 4.79 Å². The van der Waals surface area contributed by atoms with Crippen molar-refractivity contribution in [1.82, 2.24) is 4.90 Å². The van der Waals surface area contributed by atoms with E-state index in [4.69, 9.17) is 11.6 Å². The van der Waals surface area contributed by atoms with Crippen molar-refractivity contribution in [3.8, 4) is 0 Å². The van der Waals surface area contributed by atoms with Gasteiger partial charge in [0.1, 0.15) is 5.38 Å². The molecule has 1 aliphatic rings. The topological polar surface area (TPSA) is 20.3 Å². The standard InChI is InChI=1S/C10H18ClNO/c1-3-8(2)9(11)10(13)12-6-4-5-7-12/h8-9H,3-7H2,1-2H3. The van der Waals surface area contributed by atoms with Gasteiger partial charge in [0, 0.05) is 13.1 Å². The predicted octanol–water partition coefficient (Wildman–Crippen LogP) is 2.26. The number of amides is 1. The average Bonchev–Trinajstić information content (AvgIpc) is 2.67. The second-order valence-corrected chi connectivity index (χ2v) is 4.29. The van der Waals surface area contributed by atoms with Crippen LogP contribution in [0.3, 0.4) is 0 Å². The molecule has 0 aromatic rings. The van der Waals surface area contributed by atoms with Crippen molar-refractivity contribution in [3.05, 3.63) is 0 Å². The average molecular weight is 204 g/mol. The summed E-state index contributed by atoms with van der Waals surface area (Å²) in [5, 5.41) is -0.317. The molecular formula is C10H18ClNO. The highest BCUT2D eigenvalue weighted by molar-refractivity contribution is 6.30. The van der Waals surface area contributed by atoms with E-state index >= 15 is 0 Å². The van der Waals surface area contributed by atoms with Crippen LogP contribution in [0.1, 0.15) is 33.1 Å². The van der Waals surface area contributed by atoms with Gasteiger partial charge >= 0.3 is 0 Å². The molecule has 0 saturated carbocycles. The molecule has 0 aromatic carbocycles. The van der Waals surface area contributed by atoms with Crippen LogP contribution in [0.4, 0.5) is 0 Å². The first-order valence-corrected chi connectivity index (χ1v) is 5.53. The smallest absolute Gasteiger partial charge is 0.240 e. The van der Waals surface area contributed by atoms with Gasteiger partial charge in [0.05, 0.1) is 0 Å². The fourth-order valence-corrected chi connectivity index (χ4v) is 1.88. The number of carbonyl (C=O) groups excluding carboxylic acids is 1. The zero-order chi connectivity index (χ0) is 9.84. The summed E-state index contributed by atoms with van der Waals surface area (Å²) in [4.78, 5) is 13.6. The Morgan fingerprint density at radius 2 is 2.00 bits per heavy atom. The van der Waals surface area contributed by atoms with Crippen LogP contribution in [-0.4, -0.2) is 29.3 Å². The van der Waals surface area contributed by atoms with E-state index in [1.165, 1.54) is 0 Å². The van der Waals surface area contributed by atoms with Gasteiger partial charge in [-0.3, -0.25) is 4.79 Å². The van der Waals surface area contributed by atoms with Gasteiger partial charge in [-0.05, 0) is 18.8 Å².